The summed E-state index contributed by atoms with van der Waals surface area (Å²) in [4.78, 5) is 15.5. The smallest absolute Gasteiger partial charge is 0.143 e. The molecule has 1 aliphatic carbocycles. The lowest BCUT2D eigenvalue weighted by atomic mass is 9.89. The minimum absolute atomic E-state index is 0.299. The first-order valence-corrected chi connectivity index (χ1v) is 16.9. The lowest BCUT2D eigenvalue weighted by molar-refractivity contribution is -0.104. The van der Waals surface area contributed by atoms with Crippen molar-refractivity contribution >= 4 is 18.1 Å². The molecule has 4 nitrogen and oxygen atoms in total. The highest BCUT2D eigenvalue weighted by Gasteiger charge is 2.16. The van der Waals surface area contributed by atoms with Gasteiger partial charge in [0.15, 0.2) is 0 Å². The molecule has 0 heterocycles. The molecule has 0 aromatic heterocycles. The van der Waals surface area contributed by atoms with E-state index < -0.39 is 0 Å². The number of fused-ring (bicyclic) bond motifs is 6. The summed E-state index contributed by atoms with van der Waals surface area (Å²) < 4.78 is 0. The van der Waals surface area contributed by atoms with Crippen molar-refractivity contribution in [2.45, 2.75) is 108 Å². The maximum Gasteiger partial charge on any atom is 0.143 e. The van der Waals surface area contributed by atoms with Crippen LogP contribution in [-0.2, 0) is 17.6 Å². The zero-order valence-corrected chi connectivity index (χ0v) is 30.3. The van der Waals surface area contributed by atoms with Crippen LogP contribution in [0.15, 0.2) is 84.0 Å². The van der Waals surface area contributed by atoms with E-state index in [-0.39, 0.29) is 6.04 Å². The van der Waals surface area contributed by atoms with Crippen LogP contribution in [-0.4, -0.2) is 17.6 Å². The molecule has 0 saturated heterocycles. The minimum atomic E-state index is -0.306. The highest BCUT2D eigenvalue weighted by molar-refractivity contribution is 5.90. The van der Waals surface area contributed by atoms with Gasteiger partial charge in [0, 0.05) is 12.4 Å². The van der Waals surface area contributed by atoms with Gasteiger partial charge in [-0.1, -0.05) is 124 Å². The number of hydrogen-bond donors (Lipinski definition) is 2. The molecular weight excluding hydrogens is 552 g/mol. The van der Waals surface area contributed by atoms with Gasteiger partial charge in [-0.2, -0.15) is 0 Å². The van der Waals surface area contributed by atoms with E-state index >= 15 is 0 Å². The van der Waals surface area contributed by atoms with E-state index in [1.54, 1.807) is 12.1 Å². The Balaban J connectivity index is 0. The van der Waals surface area contributed by atoms with Gasteiger partial charge < -0.3 is 10.8 Å². The zero-order valence-electron chi connectivity index (χ0n) is 30.3. The molecule has 0 fully saturated rings. The predicted molar refractivity (Wildman–Crippen MR) is 200 cm³/mol. The summed E-state index contributed by atoms with van der Waals surface area (Å²) in [6.45, 7) is 24.3. The number of allylic oxidation sites excluding steroid dienone is 2. The summed E-state index contributed by atoms with van der Waals surface area (Å²) in [7, 11) is 0. The zero-order chi connectivity index (χ0) is 34.8. The molecule has 4 heteroatoms. The highest BCUT2D eigenvalue weighted by atomic mass is 16.3. The molecule has 0 spiro atoms. The molecule has 248 valence electrons. The second-order valence-corrected chi connectivity index (χ2v) is 9.52. The summed E-state index contributed by atoms with van der Waals surface area (Å²) in [5, 5.41) is 10.3. The summed E-state index contributed by atoms with van der Waals surface area (Å²) >= 11 is 0. The molecule has 45 heavy (non-hydrogen) atoms. The molecule has 3 N–H and O–H groups in total. The van der Waals surface area contributed by atoms with E-state index in [1.165, 1.54) is 6.42 Å². The molecule has 0 aliphatic heterocycles. The Morgan fingerprint density at radius 1 is 0.911 bits per heavy atom. The Kier molecular flexibility index (Phi) is 25.7. The van der Waals surface area contributed by atoms with Gasteiger partial charge in [-0.3, -0.25) is 9.79 Å². The first-order chi connectivity index (χ1) is 21.9. The van der Waals surface area contributed by atoms with Crippen LogP contribution in [0.3, 0.4) is 0 Å². The number of nitrogens with zero attached hydrogens (tertiary/aromatic N) is 1. The number of rotatable bonds is 4. The van der Waals surface area contributed by atoms with Crippen molar-refractivity contribution in [1.29, 1.82) is 0 Å². The number of carbonyl (C=O) groups is 1. The van der Waals surface area contributed by atoms with Gasteiger partial charge in [0.05, 0.1) is 6.04 Å². The van der Waals surface area contributed by atoms with E-state index in [2.05, 4.69) is 37.0 Å². The second kappa shape index (κ2) is 26.6. The van der Waals surface area contributed by atoms with Crippen LogP contribution in [0.2, 0.25) is 0 Å². The summed E-state index contributed by atoms with van der Waals surface area (Å²) in [6, 6.07) is 19.7. The van der Waals surface area contributed by atoms with Gasteiger partial charge >= 0.3 is 0 Å². The maximum atomic E-state index is 11.4. The van der Waals surface area contributed by atoms with E-state index in [4.69, 9.17) is 5.73 Å². The number of nitrogens with two attached hydrogens (primary N) is 1. The van der Waals surface area contributed by atoms with Crippen LogP contribution in [0.1, 0.15) is 128 Å². The van der Waals surface area contributed by atoms with E-state index in [0.29, 0.717) is 11.7 Å². The van der Waals surface area contributed by atoms with Crippen LogP contribution < -0.4 is 5.73 Å². The number of aldehydes is 1. The van der Waals surface area contributed by atoms with Crippen molar-refractivity contribution in [2.24, 2.45) is 16.6 Å². The predicted octanol–water partition coefficient (Wildman–Crippen LogP) is 11.2. The van der Waals surface area contributed by atoms with Crippen LogP contribution in [0.4, 0.5) is 0 Å². The SMILES string of the molecule is C/C=C\N=CC(C)CC.CC.CC.CC.CC.Cc1ccc2cc1/C(=C\C=O)c1cccc(c1)CCc1cc(ccc1O)C2N. The van der Waals surface area contributed by atoms with Crippen molar-refractivity contribution < 1.29 is 9.90 Å². The topological polar surface area (TPSA) is 75.7 Å². The van der Waals surface area contributed by atoms with Gasteiger partial charge in [0.2, 0.25) is 0 Å². The molecule has 3 aromatic rings. The molecular formula is C41H62N2O2. The maximum absolute atomic E-state index is 11.4. The number of aromatic hydroxyl groups is 1. The van der Waals surface area contributed by atoms with E-state index in [9.17, 15) is 9.90 Å². The fourth-order valence-corrected chi connectivity index (χ4v) is 4.29. The standard InChI is InChI=1S/C25H23NO2.C8H15N.4C2H6/c1-16-5-7-21-15-23(16)22(11-12-27)18-4-2-3-17(13-18)6-8-19-14-20(25(21)26)9-10-24(19)28;1-4-6-9-7-8(3)5-2;4*1-2/h2-5,7,9-15,25,28H,6,8,26H2,1H3;4,6-8H,5H2,1-3H3;4*1-2H3/b22-11-;6-4-,9-7?;;;;. The largest absolute Gasteiger partial charge is 0.508 e. The number of hydrogen-bond acceptors (Lipinski definition) is 4. The van der Waals surface area contributed by atoms with Crippen LogP contribution in [0.25, 0.3) is 5.57 Å². The quantitative estimate of drug-likeness (QED) is 0.174. The highest BCUT2D eigenvalue weighted by Crippen LogP contribution is 2.32. The van der Waals surface area contributed by atoms with Gasteiger partial charge in [0.25, 0.3) is 0 Å². The number of phenols is 1. The molecule has 2 atom stereocenters. The molecule has 2 unspecified atom stereocenters. The monoisotopic (exact) mass is 614 g/mol. The lowest BCUT2D eigenvalue weighted by Crippen LogP contribution is -2.13. The molecule has 3 aromatic carbocycles. The molecule has 1 aliphatic rings. The Hall–Kier alpha value is -3.76. The lowest BCUT2D eigenvalue weighted by Gasteiger charge is -2.18. The normalized spacial score (nSPS) is 14.4. The number of aliphatic imine (C=N–C) groups is 1. The van der Waals surface area contributed by atoms with Gasteiger partial charge in [-0.15, -0.1) is 0 Å². The Bertz CT molecular complexity index is 1300. The summed E-state index contributed by atoms with van der Waals surface area (Å²) in [6.07, 6.45) is 10.9. The van der Waals surface area contributed by atoms with E-state index in [0.717, 1.165) is 63.6 Å². The molecule has 0 saturated carbocycles. The second-order valence-electron chi connectivity index (χ2n) is 9.52. The average molecular weight is 615 g/mol. The van der Waals surface area contributed by atoms with E-state index in [1.807, 2.05) is 124 Å². The molecule has 0 radical (unpaired) electrons. The molecule has 0 amide bonds. The number of aryl methyl sites for hydroxylation is 3. The first-order valence-electron chi connectivity index (χ1n) is 16.9. The first kappa shape index (κ1) is 43.4. The van der Waals surface area contributed by atoms with Crippen molar-refractivity contribution in [2.75, 3.05) is 0 Å². The number of benzene rings is 3. The van der Waals surface area contributed by atoms with Crippen LogP contribution in [0, 0.1) is 12.8 Å². The van der Waals surface area contributed by atoms with Crippen molar-refractivity contribution in [3.05, 3.63) is 118 Å². The van der Waals surface area contributed by atoms with Gasteiger partial charge in [-0.05, 0) is 102 Å². The molecule has 4 rings (SSSR count). The fraction of sp³-hybridized carbons (Fsp3) is 0.415. The minimum Gasteiger partial charge on any atom is -0.508 e. The van der Waals surface area contributed by atoms with Crippen LogP contribution in [0.5, 0.6) is 5.75 Å². The average Bonchev–Trinajstić information content (AvgIpc) is 3.11. The Morgan fingerprint density at radius 3 is 2.13 bits per heavy atom. The summed E-state index contributed by atoms with van der Waals surface area (Å²) in [5.41, 5.74) is 14.6. The van der Waals surface area contributed by atoms with Crippen molar-refractivity contribution in [3.8, 4) is 5.75 Å². The van der Waals surface area contributed by atoms with Crippen molar-refractivity contribution in [1.82, 2.24) is 0 Å². The Morgan fingerprint density at radius 2 is 1.53 bits per heavy atom. The third-order valence-corrected chi connectivity index (χ3v) is 6.75. The third kappa shape index (κ3) is 14.7. The number of carbonyl (C=O) groups excluding carboxylic acids is 1. The fourth-order valence-electron chi connectivity index (χ4n) is 4.29. The number of phenolic OH excluding ortho intramolecular Hbond substituents is 1. The summed E-state index contributed by atoms with van der Waals surface area (Å²) in [5.74, 6) is 0.911. The van der Waals surface area contributed by atoms with Crippen molar-refractivity contribution in [3.63, 3.8) is 0 Å². The molecule has 6 bridgehead atoms. The Labute approximate surface area is 276 Å². The van der Waals surface area contributed by atoms with Gasteiger partial charge in [0.1, 0.15) is 12.0 Å². The third-order valence-electron chi connectivity index (χ3n) is 6.75. The van der Waals surface area contributed by atoms with Gasteiger partial charge in [-0.25, -0.2) is 0 Å². The van der Waals surface area contributed by atoms with Crippen LogP contribution >= 0.6 is 0 Å².